The zero-order valence-electron chi connectivity index (χ0n) is 22.2. The minimum Gasteiger partial charge on any atom is -0.393 e. The van der Waals surface area contributed by atoms with Gasteiger partial charge in [-0.25, -0.2) is 0 Å². The number of rotatable bonds is 9. The standard InChI is InChI=1S/C31H48O4/c1-4-5-8-28(34)31(16-17-31)29(35)14-9-21(2)26-12-13-27-23(7-6-15-30(26,27)3)11-10-22-18-24(32)20-25(33)19-22/h9-11,14,21,24-27,29,32-33,35H,4-8,12-13,15-20H2,1-3H3/b14-9+,23-11+/t21-,24-,25-,26-,27+,29-,30-/m1/s1. The maximum absolute atomic E-state index is 12.7. The third-order valence-corrected chi connectivity index (χ3v) is 10.0. The fraction of sp³-hybridized carbons (Fsp3) is 0.774. The van der Waals surface area contributed by atoms with Crippen molar-refractivity contribution >= 4 is 5.78 Å². The van der Waals surface area contributed by atoms with Crippen LogP contribution in [0.2, 0.25) is 0 Å². The van der Waals surface area contributed by atoms with Gasteiger partial charge in [0, 0.05) is 6.42 Å². The Morgan fingerprint density at radius 3 is 2.46 bits per heavy atom. The normalized spacial score (nSPS) is 37.3. The Balaban J connectivity index is 1.41. The molecule has 0 aliphatic heterocycles. The molecule has 0 heterocycles. The zero-order valence-corrected chi connectivity index (χ0v) is 22.2. The Morgan fingerprint density at radius 1 is 1.09 bits per heavy atom. The van der Waals surface area contributed by atoms with Gasteiger partial charge >= 0.3 is 0 Å². The molecule has 4 aliphatic rings. The van der Waals surface area contributed by atoms with E-state index in [4.69, 9.17) is 0 Å². The number of aliphatic hydroxyl groups is 3. The van der Waals surface area contributed by atoms with E-state index in [2.05, 4.69) is 39.0 Å². The number of carbonyl (C=O) groups is 1. The molecule has 0 amide bonds. The molecule has 7 atom stereocenters. The summed E-state index contributed by atoms with van der Waals surface area (Å²) in [5.74, 6) is 1.80. The van der Waals surface area contributed by atoms with E-state index < -0.39 is 23.7 Å². The third-order valence-electron chi connectivity index (χ3n) is 10.0. The molecule has 4 rings (SSSR count). The maximum atomic E-state index is 12.7. The van der Waals surface area contributed by atoms with E-state index in [1.165, 1.54) is 36.8 Å². The number of allylic oxidation sites excluding steroid dienone is 4. The van der Waals surface area contributed by atoms with Gasteiger partial charge in [-0.05, 0) is 93.8 Å². The van der Waals surface area contributed by atoms with Crippen LogP contribution in [0.5, 0.6) is 0 Å². The van der Waals surface area contributed by atoms with Crippen molar-refractivity contribution in [1.29, 1.82) is 0 Å². The summed E-state index contributed by atoms with van der Waals surface area (Å²) < 4.78 is 0. The average molecular weight is 485 g/mol. The van der Waals surface area contributed by atoms with E-state index in [0.717, 1.165) is 32.1 Å². The predicted molar refractivity (Wildman–Crippen MR) is 141 cm³/mol. The van der Waals surface area contributed by atoms with Crippen LogP contribution in [-0.4, -0.2) is 39.4 Å². The molecule has 0 aromatic carbocycles. The van der Waals surface area contributed by atoms with Gasteiger partial charge in [0.1, 0.15) is 5.78 Å². The lowest BCUT2D eigenvalue weighted by molar-refractivity contribution is -0.127. The lowest BCUT2D eigenvalue weighted by atomic mass is 9.61. The maximum Gasteiger partial charge on any atom is 0.141 e. The van der Waals surface area contributed by atoms with E-state index in [9.17, 15) is 20.1 Å². The third kappa shape index (κ3) is 5.70. The first kappa shape index (κ1) is 26.8. The Kier molecular flexibility index (Phi) is 8.45. The molecule has 4 fully saturated rings. The molecule has 4 nitrogen and oxygen atoms in total. The highest BCUT2D eigenvalue weighted by Gasteiger charge is 2.54. The van der Waals surface area contributed by atoms with E-state index >= 15 is 0 Å². The summed E-state index contributed by atoms with van der Waals surface area (Å²) in [6.07, 6.45) is 19.2. The minimum absolute atomic E-state index is 0.256. The molecule has 196 valence electrons. The summed E-state index contributed by atoms with van der Waals surface area (Å²) in [7, 11) is 0. The molecule has 0 saturated heterocycles. The number of aliphatic hydroxyl groups excluding tert-OH is 3. The van der Waals surface area contributed by atoms with Crippen molar-refractivity contribution in [3.63, 3.8) is 0 Å². The molecule has 0 spiro atoms. The van der Waals surface area contributed by atoms with Crippen molar-refractivity contribution in [3.05, 3.63) is 35.5 Å². The second-order valence-electron chi connectivity index (χ2n) is 12.5. The first-order valence-electron chi connectivity index (χ1n) is 14.3. The molecule has 3 N–H and O–H groups in total. The average Bonchev–Trinajstić information content (AvgIpc) is 3.55. The van der Waals surface area contributed by atoms with Crippen LogP contribution in [0.3, 0.4) is 0 Å². The monoisotopic (exact) mass is 484 g/mol. The van der Waals surface area contributed by atoms with Crippen molar-refractivity contribution < 1.29 is 20.1 Å². The van der Waals surface area contributed by atoms with Crippen molar-refractivity contribution in [2.75, 3.05) is 0 Å². The summed E-state index contributed by atoms with van der Waals surface area (Å²) in [6.45, 7) is 6.87. The van der Waals surface area contributed by atoms with Gasteiger partial charge in [0.2, 0.25) is 0 Å². The first-order valence-corrected chi connectivity index (χ1v) is 14.3. The molecule has 0 aromatic rings. The van der Waals surface area contributed by atoms with Crippen LogP contribution in [0, 0.1) is 28.6 Å². The Bertz CT molecular complexity index is 838. The van der Waals surface area contributed by atoms with Crippen molar-refractivity contribution in [2.45, 2.75) is 123 Å². The van der Waals surface area contributed by atoms with Gasteiger partial charge in [0.15, 0.2) is 0 Å². The van der Waals surface area contributed by atoms with E-state index in [1.54, 1.807) is 0 Å². The number of Topliss-reactive ketones (excluding diaryl/α,β-unsaturated/α-hetero) is 1. The number of hydrogen-bond acceptors (Lipinski definition) is 4. The zero-order chi connectivity index (χ0) is 25.2. The van der Waals surface area contributed by atoms with Gasteiger partial charge in [-0.1, -0.05) is 62.6 Å². The highest BCUT2D eigenvalue weighted by atomic mass is 16.3. The summed E-state index contributed by atoms with van der Waals surface area (Å²) in [6, 6.07) is 0. The molecule has 35 heavy (non-hydrogen) atoms. The summed E-state index contributed by atoms with van der Waals surface area (Å²) in [4.78, 5) is 12.7. The fourth-order valence-corrected chi connectivity index (χ4v) is 7.73. The lowest BCUT2D eigenvalue weighted by Gasteiger charge is -2.44. The van der Waals surface area contributed by atoms with Crippen LogP contribution >= 0.6 is 0 Å². The largest absolute Gasteiger partial charge is 0.393 e. The number of hydrogen-bond donors (Lipinski definition) is 3. The predicted octanol–water partition coefficient (Wildman–Crippen LogP) is 6.05. The molecular weight excluding hydrogens is 436 g/mol. The highest BCUT2D eigenvalue weighted by molar-refractivity contribution is 5.88. The van der Waals surface area contributed by atoms with Gasteiger partial charge in [-0.2, -0.15) is 0 Å². The van der Waals surface area contributed by atoms with Crippen molar-refractivity contribution in [3.8, 4) is 0 Å². The first-order chi connectivity index (χ1) is 16.7. The van der Waals surface area contributed by atoms with Gasteiger partial charge in [0.25, 0.3) is 0 Å². The van der Waals surface area contributed by atoms with E-state index in [0.29, 0.717) is 43.4 Å². The summed E-state index contributed by atoms with van der Waals surface area (Å²) >= 11 is 0. The van der Waals surface area contributed by atoms with Gasteiger partial charge < -0.3 is 15.3 Å². The topological polar surface area (TPSA) is 77.8 Å². The lowest BCUT2D eigenvalue weighted by Crippen LogP contribution is -2.35. The number of carbonyl (C=O) groups excluding carboxylic acids is 1. The number of fused-ring (bicyclic) bond motifs is 1. The Morgan fingerprint density at radius 2 is 1.80 bits per heavy atom. The minimum atomic E-state index is -0.644. The van der Waals surface area contributed by atoms with Crippen LogP contribution in [0.25, 0.3) is 0 Å². The van der Waals surface area contributed by atoms with Crippen LogP contribution in [0.4, 0.5) is 0 Å². The van der Waals surface area contributed by atoms with Crippen LogP contribution < -0.4 is 0 Å². The van der Waals surface area contributed by atoms with Gasteiger partial charge in [-0.15, -0.1) is 0 Å². The van der Waals surface area contributed by atoms with Crippen molar-refractivity contribution in [2.24, 2.45) is 28.6 Å². The highest BCUT2D eigenvalue weighted by Crippen LogP contribution is 2.59. The Labute approximate surface area is 212 Å². The van der Waals surface area contributed by atoms with Crippen molar-refractivity contribution in [1.82, 2.24) is 0 Å². The molecule has 4 aliphatic carbocycles. The SMILES string of the molecule is CCCCC(=O)C1([C@H](O)/C=C/[C@@H](C)[C@H]2CC[C@H]3/C(=C/C=C4C[C@@H](O)C[C@H](O)C4)CCC[C@]23C)CC1. The van der Waals surface area contributed by atoms with E-state index in [-0.39, 0.29) is 11.2 Å². The quantitative estimate of drug-likeness (QED) is 0.348. The molecule has 0 bridgehead atoms. The van der Waals surface area contributed by atoms with Crippen LogP contribution in [0.15, 0.2) is 35.5 Å². The Hall–Kier alpha value is -1.23. The van der Waals surface area contributed by atoms with Gasteiger partial charge in [0.05, 0.1) is 23.7 Å². The fourth-order valence-electron chi connectivity index (χ4n) is 7.73. The number of unbranched alkanes of at least 4 members (excludes halogenated alkanes) is 1. The molecule has 0 radical (unpaired) electrons. The number of ketones is 1. The summed E-state index contributed by atoms with van der Waals surface area (Å²) in [5, 5.41) is 31.0. The summed E-state index contributed by atoms with van der Waals surface area (Å²) in [5.41, 5.74) is 2.47. The van der Waals surface area contributed by atoms with Crippen LogP contribution in [0.1, 0.15) is 104 Å². The molecule has 0 unspecified atom stereocenters. The molecule has 4 heteroatoms. The second kappa shape index (κ2) is 11.0. The second-order valence-corrected chi connectivity index (χ2v) is 12.5. The van der Waals surface area contributed by atoms with Gasteiger partial charge in [-0.3, -0.25) is 4.79 Å². The van der Waals surface area contributed by atoms with Crippen LogP contribution in [-0.2, 0) is 4.79 Å². The smallest absolute Gasteiger partial charge is 0.141 e. The molecule has 4 saturated carbocycles. The molecular formula is C31H48O4. The van der Waals surface area contributed by atoms with E-state index in [1.807, 2.05) is 6.08 Å². The molecule has 0 aromatic heterocycles.